The zero-order valence-corrected chi connectivity index (χ0v) is 17.2. The summed E-state index contributed by atoms with van der Waals surface area (Å²) in [5.41, 5.74) is 0.914. The van der Waals surface area contributed by atoms with Crippen LogP contribution in [0.2, 0.25) is 0 Å². The van der Waals surface area contributed by atoms with Crippen LogP contribution in [0.1, 0.15) is 45.2 Å². The topological polar surface area (TPSA) is 67.8 Å². The molecule has 0 spiro atoms. The molecule has 0 fully saturated rings. The Morgan fingerprint density at radius 3 is 2.18 bits per heavy atom. The molecule has 5 nitrogen and oxygen atoms in total. The number of hydrogen-bond donors (Lipinski definition) is 2. The molecule has 0 aliphatic carbocycles. The first kappa shape index (κ1) is 21.8. The van der Waals surface area contributed by atoms with E-state index in [9.17, 15) is 9.90 Å². The molecule has 2 aromatic carbocycles. The molecule has 28 heavy (non-hydrogen) atoms. The van der Waals surface area contributed by atoms with Crippen LogP contribution in [0.25, 0.3) is 0 Å². The third-order valence-electron chi connectivity index (χ3n) is 4.29. The second-order valence-electron chi connectivity index (χ2n) is 8.26. The Labute approximate surface area is 167 Å². The smallest absolute Gasteiger partial charge is 0.408 e. The van der Waals surface area contributed by atoms with Crippen LogP contribution in [0.15, 0.2) is 54.6 Å². The van der Waals surface area contributed by atoms with Crippen LogP contribution in [0.5, 0.6) is 5.75 Å². The fraction of sp³-hybridized carbons (Fsp3) is 0.435. The summed E-state index contributed by atoms with van der Waals surface area (Å²) < 4.78 is 11.1. The Hall–Kier alpha value is -2.53. The van der Waals surface area contributed by atoms with Gasteiger partial charge in [-0.3, -0.25) is 0 Å². The van der Waals surface area contributed by atoms with Crippen molar-refractivity contribution < 1.29 is 19.4 Å². The Kier molecular flexibility index (Phi) is 7.46. The summed E-state index contributed by atoms with van der Waals surface area (Å²) in [5.74, 6) is 0.810. The summed E-state index contributed by atoms with van der Waals surface area (Å²) in [6.07, 6.45) is 0.785. The molecule has 0 bridgehead atoms. The summed E-state index contributed by atoms with van der Waals surface area (Å²) >= 11 is 0. The van der Waals surface area contributed by atoms with Crippen molar-refractivity contribution in [2.45, 2.75) is 58.3 Å². The normalized spacial score (nSPS) is 13.5. The number of aryl methyl sites for hydroxylation is 1. The van der Waals surface area contributed by atoms with Gasteiger partial charge in [0.2, 0.25) is 0 Å². The fourth-order valence-corrected chi connectivity index (χ4v) is 2.64. The molecule has 2 N–H and O–H groups in total. The van der Waals surface area contributed by atoms with Gasteiger partial charge in [-0.15, -0.1) is 0 Å². The second kappa shape index (κ2) is 9.60. The third-order valence-corrected chi connectivity index (χ3v) is 4.29. The summed E-state index contributed by atoms with van der Waals surface area (Å²) in [6, 6.07) is 17.9. The number of carbonyl (C=O) groups excluding carboxylic acids is 1. The molecule has 2 rings (SSSR count). The number of aliphatic hydroxyl groups is 1. The number of aliphatic hydroxyl groups excluding tert-OH is 1. The minimum absolute atomic E-state index is 0.162. The molecule has 0 aliphatic heterocycles. The molecule has 152 valence electrons. The van der Waals surface area contributed by atoms with Crippen LogP contribution < -0.4 is 10.1 Å². The van der Waals surface area contributed by atoms with Crippen LogP contribution in [0.4, 0.5) is 4.79 Å². The van der Waals surface area contributed by atoms with Crippen molar-refractivity contribution in [3.05, 3.63) is 65.7 Å². The maximum Gasteiger partial charge on any atom is 0.408 e. The Morgan fingerprint density at radius 1 is 0.964 bits per heavy atom. The number of hydrogen-bond acceptors (Lipinski definition) is 4. The monoisotopic (exact) mass is 385 g/mol. The van der Waals surface area contributed by atoms with Crippen molar-refractivity contribution in [2.75, 3.05) is 6.61 Å². The van der Waals surface area contributed by atoms with E-state index in [0.717, 1.165) is 16.9 Å². The summed E-state index contributed by atoms with van der Waals surface area (Å²) in [4.78, 5) is 12.0. The molecule has 0 unspecified atom stereocenters. The molecule has 0 saturated heterocycles. The highest BCUT2D eigenvalue weighted by Gasteiger charge is 2.28. The maximum atomic E-state index is 12.0. The lowest BCUT2D eigenvalue weighted by Gasteiger charge is -2.30. The standard InChI is InChI=1S/C23H31NO4/c1-22(2,3)28-21(26)24-23(4,17-25)15-14-18-10-12-20(13-11-18)27-16-19-8-6-5-7-9-19/h5-13,25H,14-17H2,1-4H3,(H,24,26)/t23-/m1/s1. The quantitative estimate of drug-likeness (QED) is 0.703. The van der Waals surface area contributed by atoms with Gasteiger partial charge in [0.15, 0.2) is 0 Å². The summed E-state index contributed by atoms with van der Waals surface area (Å²) in [7, 11) is 0. The average Bonchev–Trinajstić information content (AvgIpc) is 2.65. The molecule has 0 aromatic heterocycles. The van der Waals surface area contributed by atoms with Crippen LogP contribution >= 0.6 is 0 Å². The molecular weight excluding hydrogens is 354 g/mol. The van der Waals surface area contributed by atoms with Gasteiger partial charge in [-0.25, -0.2) is 4.79 Å². The van der Waals surface area contributed by atoms with E-state index in [-0.39, 0.29) is 6.61 Å². The van der Waals surface area contributed by atoms with Crippen molar-refractivity contribution in [2.24, 2.45) is 0 Å². The zero-order valence-electron chi connectivity index (χ0n) is 17.2. The molecule has 0 aliphatic rings. The number of ether oxygens (including phenoxy) is 2. The lowest BCUT2D eigenvalue weighted by molar-refractivity contribution is 0.0407. The largest absolute Gasteiger partial charge is 0.489 e. The number of benzene rings is 2. The van der Waals surface area contributed by atoms with Crippen molar-refractivity contribution in [3.63, 3.8) is 0 Å². The van der Waals surface area contributed by atoms with E-state index < -0.39 is 17.2 Å². The minimum atomic E-state index is -0.745. The third kappa shape index (κ3) is 7.61. The maximum absolute atomic E-state index is 12.0. The molecule has 5 heteroatoms. The lowest BCUT2D eigenvalue weighted by atomic mass is 9.94. The number of rotatable bonds is 8. The van der Waals surface area contributed by atoms with Crippen molar-refractivity contribution in [1.82, 2.24) is 5.32 Å². The molecule has 0 radical (unpaired) electrons. The van der Waals surface area contributed by atoms with E-state index in [0.29, 0.717) is 19.4 Å². The van der Waals surface area contributed by atoms with Gasteiger partial charge in [0.25, 0.3) is 0 Å². The van der Waals surface area contributed by atoms with Crippen LogP contribution in [-0.2, 0) is 17.8 Å². The van der Waals surface area contributed by atoms with Gasteiger partial charge in [0.1, 0.15) is 18.0 Å². The lowest BCUT2D eigenvalue weighted by Crippen LogP contribution is -2.50. The highest BCUT2D eigenvalue weighted by atomic mass is 16.6. The average molecular weight is 386 g/mol. The molecule has 1 atom stereocenters. The SMILES string of the molecule is CC(C)(C)OC(=O)N[C@@](C)(CO)CCc1ccc(OCc2ccccc2)cc1. The van der Waals surface area contributed by atoms with Gasteiger partial charge in [-0.2, -0.15) is 0 Å². The molecule has 0 heterocycles. The first-order valence-electron chi connectivity index (χ1n) is 9.57. The van der Waals surface area contributed by atoms with Crippen molar-refractivity contribution in [1.29, 1.82) is 0 Å². The zero-order chi connectivity index (χ0) is 20.6. The van der Waals surface area contributed by atoms with E-state index >= 15 is 0 Å². The van der Waals surface area contributed by atoms with Gasteiger partial charge in [0, 0.05) is 0 Å². The predicted molar refractivity (Wildman–Crippen MR) is 110 cm³/mol. The van der Waals surface area contributed by atoms with E-state index in [1.165, 1.54) is 0 Å². The Balaban J connectivity index is 1.85. The number of nitrogens with one attached hydrogen (secondary N) is 1. The van der Waals surface area contributed by atoms with E-state index in [4.69, 9.17) is 9.47 Å². The minimum Gasteiger partial charge on any atom is -0.489 e. The van der Waals surface area contributed by atoms with Gasteiger partial charge < -0.3 is 19.9 Å². The Bertz CT molecular complexity index is 737. The number of carbonyl (C=O) groups is 1. The van der Waals surface area contributed by atoms with Gasteiger partial charge in [-0.05, 0) is 63.8 Å². The predicted octanol–water partition coefficient (Wildman–Crippen LogP) is 4.47. The first-order valence-corrected chi connectivity index (χ1v) is 9.57. The van der Waals surface area contributed by atoms with Gasteiger partial charge in [0.05, 0.1) is 12.1 Å². The summed E-state index contributed by atoms with van der Waals surface area (Å²) in [5, 5.41) is 12.5. The second-order valence-corrected chi connectivity index (χ2v) is 8.26. The van der Waals surface area contributed by atoms with Crippen LogP contribution in [0, 0.1) is 0 Å². The Morgan fingerprint density at radius 2 is 1.61 bits per heavy atom. The van der Waals surface area contributed by atoms with E-state index in [1.54, 1.807) is 0 Å². The van der Waals surface area contributed by atoms with Gasteiger partial charge >= 0.3 is 6.09 Å². The highest BCUT2D eigenvalue weighted by molar-refractivity contribution is 5.68. The summed E-state index contributed by atoms with van der Waals surface area (Å²) in [6.45, 7) is 7.61. The van der Waals surface area contributed by atoms with Crippen molar-refractivity contribution >= 4 is 6.09 Å². The van der Waals surface area contributed by atoms with Gasteiger partial charge in [-0.1, -0.05) is 42.5 Å². The van der Waals surface area contributed by atoms with E-state index in [2.05, 4.69) is 5.32 Å². The molecule has 2 aromatic rings. The van der Waals surface area contributed by atoms with Crippen LogP contribution in [0.3, 0.4) is 0 Å². The van der Waals surface area contributed by atoms with Crippen LogP contribution in [-0.4, -0.2) is 28.9 Å². The fourth-order valence-electron chi connectivity index (χ4n) is 2.64. The van der Waals surface area contributed by atoms with Crippen molar-refractivity contribution in [3.8, 4) is 5.75 Å². The van der Waals surface area contributed by atoms with E-state index in [1.807, 2.05) is 82.3 Å². The molecule has 1 amide bonds. The molecule has 0 saturated carbocycles. The molecular formula is C23H31NO4. The number of amides is 1. The first-order chi connectivity index (χ1) is 13.2. The highest BCUT2D eigenvalue weighted by Crippen LogP contribution is 2.19. The number of alkyl carbamates (subject to hydrolysis) is 1.